The molecule has 1 fully saturated rings. The molecule has 0 saturated carbocycles. The second-order valence-electron chi connectivity index (χ2n) is 5.64. The van der Waals surface area contributed by atoms with Gasteiger partial charge in [0.15, 0.2) is 0 Å². The van der Waals surface area contributed by atoms with E-state index in [0.717, 1.165) is 30.9 Å². The molecule has 1 rings (SSSR count). The number of rotatable bonds is 8. The highest BCUT2D eigenvalue weighted by Crippen LogP contribution is 2.20. The van der Waals surface area contributed by atoms with Gasteiger partial charge in [0.2, 0.25) is 0 Å². The van der Waals surface area contributed by atoms with Crippen LogP contribution >= 0.6 is 0 Å². The van der Waals surface area contributed by atoms with Crippen LogP contribution in [0.5, 0.6) is 0 Å². The first-order valence-electron chi connectivity index (χ1n) is 8.23. The Kier molecular flexibility index (Phi) is 8.66. The fourth-order valence-corrected chi connectivity index (χ4v) is 2.45. The van der Waals surface area contributed by atoms with E-state index in [0.29, 0.717) is 25.2 Å². The number of nitrogens with zero attached hydrogens (tertiary/aromatic N) is 5. The highest BCUT2D eigenvalue weighted by Gasteiger charge is 2.16. The molecule has 0 amide bonds. The quantitative estimate of drug-likeness (QED) is 0.225. The van der Waals surface area contributed by atoms with Gasteiger partial charge < -0.3 is 9.64 Å². The van der Waals surface area contributed by atoms with Crippen LogP contribution in [0.15, 0.2) is 40.7 Å². The largest absolute Gasteiger partial charge is 0.378 e. The Morgan fingerprint density at radius 1 is 1.38 bits per heavy atom. The van der Waals surface area contributed by atoms with Gasteiger partial charge in [-0.1, -0.05) is 19.6 Å². The Morgan fingerprint density at radius 2 is 2.04 bits per heavy atom. The van der Waals surface area contributed by atoms with Crippen molar-refractivity contribution < 1.29 is 4.74 Å². The van der Waals surface area contributed by atoms with E-state index in [2.05, 4.69) is 41.6 Å². The van der Waals surface area contributed by atoms with Crippen molar-refractivity contribution in [3.8, 4) is 6.07 Å². The lowest BCUT2D eigenvalue weighted by Gasteiger charge is -2.33. The second kappa shape index (κ2) is 10.5. The van der Waals surface area contributed by atoms with Crippen LogP contribution in [-0.2, 0) is 4.74 Å². The van der Waals surface area contributed by atoms with Gasteiger partial charge >= 0.3 is 0 Å². The number of allylic oxidation sites excluding steroid dienone is 3. The average molecular weight is 331 g/mol. The molecule has 0 aromatic rings. The van der Waals surface area contributed by atoms with Crippen LogP contribution in [0.3, 0.4) is 0 Å². The van der Waals surface area contributed by atoms with E-state index >= 15 is 0 Å². The summed E-state index contributed by atoms with van der Waals surface area (Å²) in [5, 5.41) is 13.1. The molecule has 1 heterocycles. The van der Waals surface area contributed by atoms with Crippen LogP contribution in [0, 0.1) is 11.3 Å². The molecule has 0 unspecified atom stereocenters. The number of likely N-dealkylation sites (N-methyl/N-ethyl adjacent to an activating group) is 1. The number of ether oxygens (including phenoxy) is 1. The summed E-state index contributed by atoms with van der Waals surface area (Å²) in [5.41, 5.74) is 2.72. The Balaban J connectivity index is 3.11. The van der Waals surface area contributed by atoms with Crippen molar-refractivity contribution in [1.29, 1.82) is 5.26 Å². The summed E-state index contributed by atoms with van der Waals surface area (Å²) in [6.07, 6.45) is 7.53. The third-order valence-corrected chi connectivity index (χ3v) is 3.83. The number of hydrazine groups is 1. The lowest BCUT2D eigenvalue weighted by atomic mass is 10.1. The lowest BCUT2D eigenvalue weighted by molar-refractivity contribution is 0.0524. The van der Waals surface area contributed by atoms with Crippen molar-refractivity contribution in [1.82, 2.24) is 14.9 Å². The average Bonchev–Trinajstić information content (AvgIpc) is 2.60. The van der Waals surface area contributed by atoms with E-state index in [1.807, 2.05) is 24.1 Å². The minimum atomic E-state index is 0.553. The maximum Gasteiger partial charge on any atom is 0.103 e. The normalized spacial score (nSPS) is 16.2. The molecular formula is C18H29N5O. The van der Waals surface area contributed by atoms with Crippen LogP contribution < -0.4 is 0 Å². The molecule has 0 bridgehead atoms. The number of hydrogen-bond acceptors (Lipinski definition) is 5. The Labute approximate surface area is 146 Å². The van der Waals surface area contributed by atoms with Crippen molar-refractivity contribution in [2.75, 3.05) is 47.4 Å². The third-order valence-electron chi connectivity index (χ3n) is 3.83. The molecule has 1 aliphatic heterocycles. The molecule has 1 saturated heterocycles. The van der Waals surface area contributed by atoms with Gasteiger partial charge in [-0.3, -0.25) is 15.0 Å². The van der Waals surface area contributed by atoms with Crippen LogP contribution in [-0.4, -0.2) is 68.7 Å². The first kappa shape index (κ1) is 19.8. The number of aliphatic imine (C=N–C) groups is 1. The zero-order chi connectivity index (χ0) is 17.9. The van der Waals surface area contributed by atoms with E-state index < -0.39 is 0 Å². The van der Waals surface area contributed by atoms with Crippen LogP contribution in [0.2, 0.25) is 0 Å². The molecule has 6 nitrogen and oxygen atoms in total. The molecule has 0 radical (unpaired) electrons. The first-order valence-corrected chi connectivity index (χ1v) is 8.23. The summed E-state index contributed by atoms with van der Waals surface area (Å²) >= 11 is 0. The van der Waals surface area contributed by atoms with Gasteiger partial charge in [-0.2, -0.15) is 5.26 Å². The zero-order valence-electron chi connectivity index (χ0n) is 15.3. The van der Waals surface area contributed by atoms with Crippen LogP contribution in [0.25, 0.3) is 0 Å². The number of nitriles is 1. The monoisotopic (exact) mass is 331 g/mol. The Bertz CT molecular complexity index is 538. The van der Waals surface area contributed by atoms with Crippen molar-refractivity contribution in [3.63, 3.8) is 0 Å². The van der Waals surface area contributed by atoms with Gasteiger partial charge in [-0.15, -0.1) is 0 Å². The lowest BCUT2D eigenvalue weighted by Crippen LogP contribution is -2.37. The summed E-state index contributed by atoms with van der Waals surface area (Å²) in [6, 6.07) is 2.15. The maximum atomic E-state index is 9.12. The summed E-state index contributed by atoms with van der Waals surface area (Å²) < 4.78 is 5.44. The van der Waals surface area contributed by atoms with Crippen LogP contribution in [0.4, 0.5) is 0 Å². The van der Waals surface area contributed by atoms with Gasteiger partial charge in [0.1, 0.15) is 6.34 Å². The molecule has 0 aliphatic carbocycles. The summed E-state index contributed by atoms with van der Waals surface area (Å²) in [7, 11) is 5.70. The van der Waals surface area contributed by atoms with Crippen LogP contribution in [0.1, 0.15) is 19.8 Å². The smallest absolute Gasteiger partial charge is 0.103 e. The topological polar surface area (TPSA) is 55.1 Å². The van der Waals surface area contributed by atoms with Gasteiger partial charge in [-0.25, -0.2) is 0 Å². The number of hydrogen-bond donors (Lipinski definition) is 0. The summed E-state index contributed by atoms with van der Waals surface area (Å²) in [6.45, 7) is 9.04. The standard InChI is InChI=1S/C18H29N5O/c1-6-7-17(22(5)21(4)15-20-3)13-18(12-16(2)14-19)23-8-10-24-11-9-23/h7,13,15H,2,6,8-12H2,1,3-5H3. The van der Waals surface area contributed by atoms with Gasteiger partial charge in [0.05, 0.1) is 25.0 Å². The van der Waals surface area contributed by atoms with Gasteiger partial charge in [-0.05, 0) is 12.5 Å². The van der Waals surface area contributed by atoms with E-state index in [1.165, 1.54) is 0 Å². The van der Waals surface area contributed by atoms with Crippen molar-refractivity contribution >= 4 is 6.34 Å². The third kappa shape index (κ3) is 6.09. The fraction of sp³-hybridized carbons (Fsp3) is 0.556. The Morgan fingerprint density at radius 3 is 2.58 bits per heavy atom. The predicted octanol–water partition coefficient (Wildman–Crippen LogP) is 2.40. The SMILES string of the molecule is C=C(C#N)CC(=CC(=CCC)N(C)N(C)C=NC)N1CCOCC1. The minimum Gasteiger partial charge on any atom is -0.378 e. The maximum absolute atomic E-state index is 9.12. The first-order chi connectivity index (χ1) is 11.5. The second-order valence-corrected chi connectivity index (χ2v) is 5.64. The van der Waals surface area contributed by atoms with E-state index in [-0.39, 0.29) is 0 Å². The van der Waals surface area contributed by atoms with Crippen molar-refractivity contribution in [3.05, 3.63) is 35.7 Å². The predicted molar refractivity (Wildman–Crippen MR) is 98.2 cm³/mol. The van der Waals surface area contributed by atoms with Gasteiger partial charge in [0, 0.05) is 51.9 Å². The van der Waals surface area contributed by atoms with Crippen molar-refractivity contribution in [2.45, 2.75) is 19.8 Å². The van der Waals surface area contributed by atoms with E-state index in [1.54, 1.807) is 13.4 Å². The molecule has 0 atom stereocenters. The molecule has 1 aliphatic rings. The van der Waals surface area contributed by atoms with E-state index in [4.69, 9.17) is 10.00 Å². The zero-order valence-corrected chi connectivity index (χ0v) is 15.3. The molecular weight excluding hydrogens is 302 g/mol. The highest BCUT2D eigenvalue weighted by atomic mass is 16.5. The molecule has 0 aromatic carbocycles. The minimum absolute atomic E-state index is 0.553. The fourth-order valence-electron chi connectivity index (χ4n) is 2.45. The van der Waals surface area contributed by atoms with E-state index in [9.17, 15) is 0 Å². The molecule has 6 heteroatoms. The van der Waals surface area contributed by atoms with Crippen molar-refractivity contribution in [2.24, 2.45) is 4.99 Å². The summed E-state index contributed by atoms with van der Waals surface area (Å²) in [5.74, 6) is 0. The van der Waals surface area contributed by atoms with Gasteiger partial charge in [0.25, 0.3) is 0 Å². The molecule has 0 aromatic heterocycles. The molecule has 132 valence electrons. The molecule has 0 spiro atoms. The Hall–Kier alpha value is -2.26. The molecule has 24 heavy (non-hydrogen) atoms. The highest BCUT2D eigenvalue weighted by molar-refractivity contribution is 5.53. The number of morpholine rings is 1. The summed E-state index contributed by atoms with van der Waals surface area (Å²) in [4.78, 5) is 6.33. The molecule has 0 N–H and O–H groups in total.